The molecular formula is C27H22F2N4O3S. The molecule has 5 rings (SSSR count). The maximum atomic E-state index is 13.6. The number of amidine groups is 1. The van der Waals surface area contributed by atoms with Gasteiger partial charge in [0, 0.05) is 18.5 Å². The molecule has 7 nitrogen and oxygen atoms in total. The van der Waals surface area contributed by atoms with Crippen molar-refractivity contribution >= 4 is 40.1 Å². The number of methoxy groups -OCH3 is 1. The average Bonchev–Trinajstić information content (AvgIpc) is 3.48. The van der Waals surface area contributed by atoms with E-state index >= 15 is 0 Å². The second-order valence-corrected chi connectivity index (χ2v) is 9.66. The highest BCUT2D eigenvalue weighted by atomic mass is 32.2. The Hall–Kier alpha value is -4.05. The highest BCUT2D eigenvalue weighted by Crippen LogP contribution is 2.38. The largest absolute Gasteiger partial charge is 0.497 e. The van der Waals surface area contributed by atoms with Gasteiger partial charge in [-0.25, -0.2) is 13.8 Å². The van der Waals surface area contributed by atoms with Crippen molar-refractivity contribution in [3.05, 3.63) is 95.6 Å². The molecule has 0 aromatic heterocycles. The SMILES string of the molecule is COc1ccc(C2=NN(C3=NC(=O)[C@H](CC(=O)Nc4cccc(F)c4)S3)[C@H](c3ccc(F)cc3)C2)cc1. The summed E-state index contributed by atoms with van der Waals surface area (Å²) in [6.45, 7) is 0. The fourth-order valence-electron chi connectivity index (χ4n) is 4.14. The van der Waals surface area contributed by atoms with Gasteiger partial charge in [-0.3, -0.25) is 9.59 Å². The van der Waals surface area contributed by atoms with Crippen LogP contribution in [0, 0.1) is 11.6 Å². The van der Waals surface area contributed by atoms with Crippen LogP contribution in [0.5, 0.6) is 5.75 Å². The highest BCUT2D eigenvalue weighted by Gasteiger charge is 2.39. The van der Waals surface area contributed by atoms with Crippen LogP contribution in [-0.2, 0) is 9.59 Å². The molecule has 0 bridgehead atoms. The Morgan fingerprint density at radius 2 is 1.84 bits per heavy atom. The van der Waals surface area contributed by atoms with Crippen LogP contribution in [-0.4, -0.2) is 40.1 Å². The fraction of sp³-hybridized carbons (Fsp3) is 0.185. The number of rotatable bonds is 6. The lowest BCUT2D eigenvalue weighted by molar-refractivity contribution is -0.121. The van der Waals surface area contributed by atoms with Crippen LogP contribution in [0.4, 0.5) is 14.5 Å². The lowest BCUT2D eigenvalue weighted by Crippen LogP contribution is -2.25. The third-order valence-electron chi connectivity index (χ3n) is 5.99. The molecule has 188 valence electrons. The molecule has 2 heterocycles. The zero-order valence-electron chi connectivity index (χ0n) is 19.7. The van der Waals surface area contributed by atoms with Crippen LogP contribution in [0.15, 0.2) is 82.9 Å². The van der Waals surface area contributed by atoms with Gasteiger partial charge in [-0.05, 0) is 65.7 Å². The molecule has 2 aliphatic heterocycles. The van der Waals surface area contributed by atoms with E-state index in [1.807, 2.05) is 24.3 Å². The van der Waals surface area contributed by atoms with Gasteiger partial charge in [0.2, 0.25) is 5.91 Å². The van der Waals surface area contributed by atoms with Crippen molar-refractivity contribution in [1.82, 2.24) is 5.01 Å². The molecule has 0 saturated carbocycles. The second-order valence-electron chi connectivity index (χ2n) is 8.49. The molecule has 2 amide bonds. The standard InChI is InChI=1S/C27H22F2N4O3S/c1-36-21-11-7-16(8-12-21)22-14-23(17-5-9-18(28)10-6-17)33(32-22)27-31-26(35)24(37-27)15-25(34)30-20-4-2-3-19(29)13-20/h2-13,23-24H,14-15H2,1H3,(H,30,34)/t23-,24-/m0/s1. The van der Waals surface area contributed by atoms with E-state index in [0.717, 1.165) is 34.3 Å². The number of thioether (sulfide) groups is 1. The number of benzene rings is 3. The molecule has 37 heavy (non-hydrogen) atoms. The average molecular weight is 521 g/mol. The van der Waals surface area contributed by atoms with Crippen molar-refractivity contribution in [1.29, 1.82) is 0 Å². The van der Waals surface area contributed by atoms with Gasteiger partial charge >= 0.3 is 0 Å². The van der Waals surface area contributed by atoms with Gasteiger partial charge in [0.25, 0.3) is 5.91 Å². The predicted molar refractivity (Wildman–Crippen MR) is 139 cm³/mol. The molecule has 2 atom stereocenters. The number of ether oxygens (including phenoxy) is 1. The second kappa shape index (κ2) is 10.5. The topological polar surface area (TPSA) is 83.4 Å². The van der Waals surface area contributed by atoms with Crippen LogP contribution in [0.3, 0.4) is 0 Å². The zero-order valence-corrected chi connectivity index (χ0v) is 20.5. The maximum Gasteiger partial charge on any atom is 0.262 e. The Labute approximate surface area is 216 Å². The lowest BCUT2D eigenvalue weighted by Gasteiger charge is -2.23. The summed E-state index contributed by atoms with van der Waals surface area (Å²) in [7, 11) is 1.59. The van der Waals surface area contributed by atoms with Crippen molar-refractivity contribution in [2.24, 2.45) is 10.1 Å². The minimum absolute atomic E-state index is 0.128. The number of nitrogens with zero attached hydrogens (tertiary/aromatic N) is 3. The summed E-state index contributed by atoms with van der Waals surface area (Å²) < 4.78 is 32.3. The first-order valence-corrected chi connectivity index (χ1v) is 12.4. The Kier molecular flexibility index (Phi) is 7.00. The summed E-state index contributed by atoms with van der Waals surface area (Å²) >= 11 is 1.15. The molecule has 3 aromatic carbocycles. The molecule has 0 aliphatic carbocycles. The summed E-state index contributed by atoms with van der Waals surface area (Å²) in [6.07, 6.45) is 0.383. The van der Waals surface area contributed by atoms with Gasteiger partial charge in [-0.2, -0.15) is 10.1 Å². The quantitative estimate of drug-likeness (QED) is 0.486. The van der Waals surface area contributed by atoms with Crippen LogP contribution in [0.25, 0.3) is 0 Å². The lowest BCUT2D eigenvalue weighted by atomic mass is 9.98. The number of nitrogens with one attached hydrogen (secondary N) is 1. The molecule has 3 aromatic rings. The first-order chi connectivity index (χ1) is 17.9. The predicted octanol–water partition coefficient (Wildman–Crippen LogP) is 5.15. The molecule has 0 radical (unpaired) electrons. The van der Waals surface area contributed by atoms with E-state index in [2.05, 4.69) is 10.3 Å². The number of carbonyl (C=O) groups excluding carboxylic acids is 2. The van der Waals surface area contributed by atoms with Crippen molar-refractivity contribution in [2.75, 3.05) is 12.4 Å². The third-order valence-corrected chi connectivity index (χ3v) is 7.13. The van der Waals surface area contributed by atoms with Crippen molar-refractivity contribution in [3.8, 4) is 5.75 Å². The number of anilines is 1. The first kappa shape index (κ1) is 24.6. The highest BCUT2D eigenvalue weighted by molar-refractivity contribution is 8.15. The number of hydrogen-bond donors (Lipinski definition) is 1. The number of halogens is 2. The molecule has 1 N–H and O–H groups in total. The van der Waals surface area contributed by atoms with E-state index in [1.54, 1.807) is 30.3 Å². The van der Waals surface area contributed by atoms with Crippen molar-refractivity contribution < 1.29 is 23.1 Å². The number of carbonyl (C=O) groups is 2. The van der Waals surface area contributed by atoms with Crippen molar-refractivity contribution in [2.45, 2.75) is 24.1 Å². The Balaban J connectivity index is 1.35. The van der Waals surface area contributed by atoms with Gasteiger partial charge in [-0.15, -0.1) is 0 Å². The summed E-state index contributed by atoms with van der Waals surface area (Å²) in [6, 6.07) is 18.8. The monoisotopic (exact) mass is 520 g/mol. The van der Waals surface area contributed by atoms with Gasteiger partial charge < -0.3 is 10.1 Å². The first-order valence-electron chi connectivity index (χ1n) is 11.5. The number of hydrogen-bond acceptors (Lipinski definition) is 6. The van der Waals surface area contributed by atoms with Crippen LogP contribution >= 0.6 is 11.8 Å². The molecule has 2 aliphatic rings. The zero-order chi connectivity index (χ0) is 25.9. The normalized spacial score (nSPS) is 19.0. The Morgan fingerprint density at radius 3 is 2.54 bits per heavy atom. The van der Waals surface area contributed by atoms with E-state index in [1.165, 1.54) is 30.3 Å². The Morgan fingerprint density at radius 1 is 1.08 bits per heavy atom. The minimum atomic E-state index is -0.738. The van der Waals surface area contributed by atoms with Crippen LogP contribution < -0.4 is 10.1 Å². The summed E-state index contributed by atoms with van der Waals surface area (Å²) in [5.74, 6) is -0.972. The molecule has 0 unspecified atom stereocenters. The third kappa shape index (κ3) is 5.54. The van der Waals surface area contributed by atoms with Crippen LogP contribution in [0.2, 0.25) is 0 Å². The maximum absolute atomic E-state index is 13.6. The molecule has 0 fully saturated rings. The summed E-state index contributed by atoms with van der Waals surface area (Å²) in [5, 5.41) is 8.68. The van der Waals surface area contributed by atoms with E-state index in [9.17, 15) is 18.4 Å². The summed E-state index contributed by atoms with van der Waals surface area (Å²) in [4.78, 5) is 29.4. The number of amides is 2. The molecule has 10 heteroatoms. The molecule has 0 spiro atoms. The van der Waals surface area contributed by atoms with Gasteiger partial charge in [0.05, 0.1) is 18.9 Å². The van der Waals surface area contributed by atoms with E-state index < -0.39 is 22.9 Å². The van der Waals surface area contributed by atoms with E-state index in [4.69, 9.17) is 9.84 Å². The van der Waals surface area contributed by atoms with E-state index in [-0.39, 0.29) is 18.3 Å². The molecular weight excluding hydrogens is 498 g/mol. The number of aliphatic imine (C=N–C) groups is 1. The van der Waals surface area contributed by atoms with Crippen molar-refractivity contribution in [3.63, 3.8) is 0 Å². The van der Waals surface area contributed by atoms with Gasteiger partial charge in [0.1, 0.15) is 22.6 Å². The summed E-state index contributed by atoms with van der Waals surface area (Å²) in [5.41, 5.74) is 2.79. The number of hydrazone groups is 1. The fourth-order valence-corrected chi connectivity index (χ4v) is 5.20. The van der Waals surface area contributed by atoms with Gasteiger partial charge in [-0.1, -0.05) is 30.0 Å². The minimum Gasteiger partial charge on any atom is -0.497 e. The van der Waals surface area contributed by atoms with Gasteiger partial charge in [0.15, 0.2) is 5.17 Å². The van der Waals surface area contributed by atoms with Crippen LogP contribution in [0.1, 0.15) is 30.0 Å². The smallest absolute Gasteiger partial charge is 0.262 e. The Bertz CT molecular complexity index is 1390. The molecule has 0 saturated heterocycles. The van der Waals surface area contributed by atoms with E-state index in [0.29, 0.717) is 17.3 Å².